The predicted octanol–water partition coefficient (Wildman–Crippen LogP) is 2.38. The summed E-state index contributed by atoms with van der Waals surface area (Å²) in [6.45, 7) is 0.895. The van der Waals surface area contributed by atoms with Crippen molar-refractivity contribution in [2.45, 2.75) is 11.4 Å². The molecular weight excluding hydrogens is 242 g/mol. The Morgan fingerprint density at radius 3 is 2.79 bits per heavy atom. The number of alkyl halides is 1. The smallest absolute Gasteiger partial charge is 0.138 e. The van der Waals surface area contributed by atoms with Gasteiger partial charge in [-0.2, -0.15) is 0 Å². The highest BCUT2D eigenvalue weighted by atomic mass is 79.9. The van der Waals surface area contributed by atoms with Gasteiger partial charge in [0.2, 0.25) is 0 Å². The largest absolute Gasteiger partial charge is 0.305 e. The summed E-state index contributed by atoms with van der Waals surface area (Å²) >= 11 is 3.30. The minimum atomic E-state index is -0.190. The Morgan fingerprint density at radius 2 is 2.21 bits per heavy atom. The van der Waals surface area contributed by atoms with Crippen molar-refractivity contribution in [3.05, 3.63) is 35.4 Å². The maximum absolute atomic E-state index is 10.6. The van der Waals surface area contributed by atoms with E-state index in [2.05, 4.69) is 26.9 Å². The van der Waals surface area contributed by atoms with Crippen LogP contribution in [0.1, 0.15) is 16.0 Å². The van der Waals surface area contributed by atoms with Crippen LogP contribution in [-0.4, -0.2) is 25.3 Å². The van der Waals surface area contributed by atoms with E-state index < -0.39 is 0 Å². The summed E-state index contributed by atoms with van der Waals surface area (Å²) in [7, 11) is 4.05. The van der Waals surface area contributed by atoms with Crippen LogP contribution in [0, 0.1) is 0 Å². The lowest BCUT2D eigenvalue weighted by molar-refractivity contribution is -0.107. The summed E-state index contributed by atoms with van der Waals surface area (Å²) < 4.78 is 0. The van der Waals surface area contributed by atoms with Gasteiger partial charge in [0.05, 0.1) is 4.83 Å². The van der Waals surface area contributed by atoms with E-state index in [0.29, 0.717) is 0 Å². The number of hydrogen-bond donors (Lipinski definition) is 0. The minimum Gasteiger partial charge on any atom is -0.305 e. The summed E-state index contributed by atoms with van der Waals surface area (Å²) in [5.74, 6) is 0. The maximum atomic E-state index is 10.6. The molecular formula is C11H14BrNO. The lowest BCUT2D eigenvalue weighted by Crippen LogP contribution is -2.10. The van der Waals surface area contributed by atoms with Crippen molar-refractivity contribution in [1.29, 1.82) is 0 Å². The van der Waals surface area contributed by atoms with Gasteiger partial charge in [0.25, 0.3) is 0 Å². The molecule has 0 radical (unpaired) electrons. The van der Waals surface area contributed by atoms with Gasteiger partial charge in [-0.3, -0.25) is 0 Å². The molecule has 0 aliphatic carbocycles. The maximum Gasteiger partial charge on any atom is 0.138 e. The molecule has 0 fully saturated rings. The quantitative estimate of drug-likeness (QED) is 0.609. The Balaban J connectivity index is 2.83. The van der Waals surface area contributed by atoms with Gasteiger partial charge in [-0.25, -0.2) is 0 Å². The highest BCUT2D eigenvalue weighted by molar-refractivity contribution is 9.09. The molecule has 0 aliphatic rings. The highest BCUT2D eigenvalue weighted by Crippen LogP contribution is 2.21. The first-order valence-corrected chi connectivity index (χ1v) is 5.38. The topological polar surface area (TPSA) is 20.3 Å². The van der Waals surface area contributed by atoms with Crippen molar-refractivity contribution >= 4 is 22.2 Å². The average molecular weight is 256 g/mol. The minimum absolute atomic E-state index is 0.190. The molecule has 1 unspecified atom stereocenters. The van der Waals surface area contributed by atoms with Crippen molar-refractivity contribution in [3.63, 3.8) is 0 Å². The fourth-order valence-corrected chi connectivity index (χ4v) is 1.59. The molecule has 0 aromatic heterocycles. The van der Waals surface area contributed by atoms with Gasteiger partial charge in [0.1, 0.15) is 6.29 Å². The lowest BCUT2D eigenvalue weighted by atomic mass is 10.1. The molecule has 0 aliphatic heterocycles. The number of aldehydes is 1. The van der Waals surface area contributed by atoms with Gasteiger partial charge < -0.3 is 9.69 Å². The first kappa shape index (κ1) is 11.4. The summed E-state index contributed by atoms with van der Waals surface area (Å²) in [5, 5.41) is 0. The second-order valence-corrected chi connectivity index (χ2v) is 4.51. The van der Waals surface area contributed by atoms with Gasteiger partial charge in [-0.15, -0.1) is 0 Å². The molecule has 0 saturated heterocycles. The number of hydrogen-bond acceptors (Lipinski definition) is 2. The SMILES string of the molecule is CN(C)Cc1cccc(C(Br)C=O)c1. The molecule has 14 heavy (non-hydrogen) atoms. The molecule has 76 valence electrons. The van der Waals surface area contributed by atoms with Crippen molar-refractivity contribution in [1.82, 2.24) is 4.90 Å². The van der Waals surface area contributed by atoms with Crippen molar-refractivity contribution in [2.75, 3.05) is 14.1 Å². The molecule has 1 rings (SSSR count). The van der Waals surface area contributed by atoms with Gasteiger partial charge in [-0.05, 0) is 25.2 Å². The third-order valence-electron chi connectivity index (χ3n) is 1.89. The molecule has 2 nitrogen and oxygen atoms in total. The van der Waals surface area contributed by atoms with Gasteiger partial charge in [0, 0.05) is 6.54 Å². The van der Waals surface area contributed by atoms with Gasteiger partial charge in [-0.1, -0.05) is 40.2 Å². The number of rotatable bonds is 4. The van der Waals surface area contributed by atoms with Crippen LogP contribution < -0.4 is 0 Å². The van der Waals surface area contributed by atoms with Gasteiger partial charge in [0.15, 0.2) is 0 Å². The molecule has 0 amide bonds. The second-order valence-electron chi connectivity index (χ2n) is 3.52. The molecule has 1 aromatic rings. The van der Waals surface area contributed by atoms with Crippen LogP contribution in [0.5, 0.6) is 0 Å². The Hall–Kier alpha value is -0.670. The molecule has 0 bridgehead atoms. The van der Waals surface area contributed by atoms with Crippen LogP contribution in [0.15, 0.2) is 24.3 Å². The Morgan fingerprint density at radius 1 is 1.50 bits per heavy atom. The number of benzene rings is 1. The summed E-state index contributed by atoms with van der Waals surface area (Å²) in [6, 6.07) is 8.04. The Kier molecular flexibility index (Phi) is 4.29. The summed E-state index contributed by atoms with van der Waals surface area (Å²) in [4.78, 5) is 12.5. The van der Waals surface area contributed by atoms with Crippen LogP contribution in [0.2, 0.25) is 0 Å². The van der Waals surface area contributed by atoms with Crippen LogP contribution in [0.4, 0.5) is 0 Å². The van der Waals surface area contributed by atoms with Crippen molar-refractivity contribution in [3.8, 4) is 0 Å². The fourth-order valence-electron chi connectivity index (χ4n) is 1.31. The zero-order valence-corrected chi connectivity index (χ0v) is 9.99. The van der Waals surface area contributed by atoms with E-state index in [1.54, 1.807) is 0 Å². The molecule has 1 aromatic carbocycles. The standard InChI is InChI=1S/C11H14BrNO/c1-13(2)7-9-4-3-5-10(6-9)11(12)8-14/h3-6,8,11H,7H2,1-2H3. The van der Waals surface area contributed by atoms with Crippen molar-refractivity contribution in [2.24, 2.45) is 0 Å². The number of carbonyl (C=O) groups excluding carboxylic acids is 1. The zero-order chi connectivity index (χ0) is 10.6. The molecule has 0 N–H and O–H groups in total. The number of carbonyl (C=O) groups is 1. The van der Waals surface area contributed by atoms with E-state index in [1.807, 2.05) is 32.3 Å². The Bertz CT molecular complexity index is 312. The Labute approximate surface area is 93.0 Å². The van der Waals surface area contributed by atoms with E-state index in [4.69, 9.17) is 0 Å². The molecule has 3 heteroatoms. The van der Waals surface area contributed by atoms with Crippen LogP contribution in [-0.2, 0) is 11.3 Å². The lowest BCUT2D eigenvalue weighted by Gasteiger charge is -2.11. The first-order valence-electron chi connectivity index (χ1n) is 4.46. The number of halogens is 1. The molecule has 0 heterocycles. The molecule has 1 atom stereocenters. The monoisotopic (exact) mass is 255 g/mol. The van der Waals surface area contributed by atoms with E-state index in [9.17, 15) is 4.79 Å². The van der Waals surface area contributed by atoms with E-state index in [-0.39, 0.29) is 4.83 Å². The molecule has 0 saturated carbocycles. The average Bonchev–Trinajstić information content (AvgIpc) is 2.16. The number of nitrogens with zero attached hydrogens (tertiary/aromatic N) is 1. The third kappa shape index (κ3) is 3.24. The zero-order valence-electron chi connectivity index (χ0n) is 8.40. The normalized spacial score (nSPS) is 12.9. The van der Waals surface area contributed by atoms with E-state index in [0.717, 1.165) is 18.4 Å². The first-order chi connectivity index (χ1) is 6.63. The van der Waals surface area contributed by atoms with E-state index in [1.165, 1.54) is 5.56 Å². The van der Waals surface area contributed by atoms with Gasteiger partial charge >= 0.3 is 0 Å². The third-order valence-corrected chi connectivity index (χ3v) is 2.63. The van der Waals surface area contributed by atoms with Crippen molar-refractivity contribution < 1.29 is 4.79 Å². The second kappa shape index (κ2) is 5.27. The fraction of sp³-hybridized carbons (Fsp3) is 0.364. The summed E-state index contributed by atoms with van der Waals surface area (Å²) in [5.41, 5.74) is 2.23. The summed E-state index contributed by atoms with van der Waals surface area (Å²) in [6.07, 6.45) is 0.898. The van der Waals surface area contributed by atoms with E-state index >= 15 is 0 Å². The molecule has 0 spiro atoms. The predicted molar refractivity (Wildman–Crippen MR) is 61.6 cm³/mol. The van der Waals surface area contributed by atoms with Crippen LogP contribution in [0.3, 0.4) is 0 Å². The highest BCUT2D eigenvalue weighted by Gasteiger charge is 2.05. The van der Waals surface area contributed by atoms with Crippen LogP contribution >= 0.6 is 15.9 Å². The van der Waals surface area contributed by atoms with Crippen LogP contribution in [0.25, 0.3) is 0 Å².